The Bertz CT molecular complexity index is 2070. The van der Waals surface area contributed by atoms with Gasteiger partial charge < -0.3 is 4.57 Å². The zero-order valence-electron chi connectivity index (χ0n) is 19.4. The Hall–Kier alpha value is -4.14. The van der Waals surface area contributed by atoms with Gasteiger partial charge in [0.25, 0.3) is 0 Å². The van der Waals surface area contributed by atoms with Crippen molar-refractivity contribution in [3.63, 3.8) is 0 Å². The van der Waals surface area contributed by atoms with Gasteiger partial charge in [-0.1, -0.05) is 107 Å². The minimum atomic E-state index is 1.08. The Kier molecular flexibility index (Phi) is 4.15. The van der Waals surface area contributed by atoms with Gasteiger partial charge in [-0.25, -0.2) is 0 Å². The first-order valence-corrected chi connectivity index (χ1v) is 13.0. The summed E-state index contributed by atoms with van der Waals surface area (Å²) in [5, 5.41) is 10.5. The van der Waals surface area contributed by atoms with Crippen molar-refractivity contribution in [3.05, 3.63) is 126 Å². The summed E-state index contributed by atoms with van der Waals surface area (Å²) < 4.78 is 3.50. The molecule has 0 aliphatic heterocycles. The molecule has 0 radical (unpaired) electrons. The predicted molar refractivity (Wildman–Crippen MR) is 158 cm³/mol. The minimum Gasteiger partial charge on any atom is -0.309 e. The average Bonchev–Trinajstić information content (AvgIpc) is 3.25. The first kappa shape index (κ1) is 20.1. The van der Waals surface area contributed by atoms with Crippen LogP contribution in [0.2, 0.25) is 0 Å². The van der Waals surface area contributed by atoms with E-state index in [1.54, 1.807) is 0 Å². The second-order valence-electron chi connectivity index (χ2n) is 9.54. The third-order valence-electron chi connectivity index (χ3n) is 7.57. The molecule has 0 aliphatic carbocycles. The summed E-state index contributed by atoms with van der Waals surface area (Å²) in [6.07, 6.45) is 0. The summed E-state index contributed by atoms with van der Waals surface area (Å²) in [7, 11) is 0. The highest BCUT2D eigenvalue weighted by Gasteiger charge is 2.18. The third-order valence-corrected chi connectivity index (χ3v) is 8.06. The molecule has 0 saturated carbocycles. The smallest absolute Gasteiger partial charge is 0.0553 e. The van der Waals surface area contributed by atoms with Gasteiger partial charge in [0.15, 0.2) is 0 Å². The van der Waals surface area contributed by atoms with Crippen LogP contribution in [0.5, 0.6) is 0 Å². The maximum Gasteiger partial charge on any atom is 0.0553 e. The number of benzene rings is 7. The van der Waals surface area contributed by atoms with E-state index in [0.29, 0.717) is 0 Å². The van der Waals surface area contributed by atoms with Gasteiger partial charge in [0.1, 0.15) is 0 Å². The van der Waals surface area contributed by atoms with Gasteiger partial charge in [-0.15, -0.1) is 0 Å². The van der Waals surface area contributed by atoms with Gasteiger partial charge >= 0.3 is 0 Å². The number of nitrogens with zero attached hydrogens (tertiary/aromatic N) is 1. The molecule has 0 N–H and O–H groups in total. The van der Waals surface area contributed by atoms with Crippen molar-refractivity contribution >= 4 is 70.1 Å². The number of rotatable bonds is 2. The number of fused-ring (bicyclic) bond motifs is 4. The zero-order valence-corrected chi connectivity index (χ0v) is 21.0. The fourth-order valence-corrected chi connectivity index (χ4v) is 6.35. The molecule has 1 heterocycles. The summed E-state index contributed by atoms with van der Waals surface area (Å²) >= 11 is 3.73. The van der Waals surface area contributed by atoms with Crippen LogP contribution in [0.25, 0.3) is 70.9 Å². The summed E-state index contributed by atoms with van der Waals surface area (Å²) in [6, 6.07) is 44.3. The first-order valence-electron chi connectivity index (χ1n) is 12.2. The third kappa shape index (κ3) is 2.76. The standard InChI is InChI=1S/C34H20BrN/c35-26-14-18-28-30(20-26)36(27-15-11-22(12-16-27)21-5-2-1-3-6-21)31-19-25-10-9-23-7-4-8-24-13-17-29(34(28)31)33(25)32(23)24/h1-20H. The summed E-state index contributed by atoms with van der Waals surface area (Å²) in [4.78, 5) is 0. The van der Waals surface area contributed by atoms with Gasteiger partial charge in [-0.2, -0.15) is 0 Å². The largest absolute Gasteiger partial charge is 0.309 e. The Balaban J connectivity index is 1.50. The van der Waals surface area contributed by atoms with Crippen LogP contribution in [0, 0.1) is 0 Å². The molecule has 0 fully saturated rings. The van der Waals surface area contributed by atoms with E-state index in [1.165, 1.54) is 70.9 Å². The van der Waals surface area contributed by atoms with Crippen LogP contribution in [0.4, 0.5) is 0 Å². The monoisotopic (exact) mass is 521 g/mol. The molecule has 0 unspecified atom stereocenters. The maximum atomic E-state index is 3.73. The molecule has 0 atom stereocenters. The van der Waals surface area contributed by atoms with Crippen molar-refractivity contribution in [1.82, 2.24) is 4.57 Å². The van der Waals surface area contributed by atoms with E-state index < -0.39 is 0 Å². The highest BCUT2D eigenvalue weighted by molar-refractivity contribution is 9.10. The van der Waals surface area contributed by atoms with Crippen LogP contribution in [-0.4, -0.2) is 4.57 Å². The van der Waals surface area contributed by atoms with Crippen molar-refractivity contribution in [2.24, 2.45) is 0 Å². The van der Waals surface area contributed by atoms with E-state index in [9.17, 15) is 0 Å². The molecule has 0 amide bonds. The molecule has 8 aromatic rings. The quantitative estimate of drug-likeness (QED) is 0.199. The summed E-state index contributed by atoms with van der Waals surface area (Å²) in [5.41, 5.74) is 6.07. The number of halogens is 1. The fourth-order valence-electron chi connectivity index (χ4n) is 6.00. The molecule has 36 heavy (non-hydrogen) atoms. The van der Waals surface area contributed by atoms with E-state index in [4.69, 9.17) is 0 Å². The van der Waals surface area contributed by atoms with Gasteiger partial charge in [-0.05, 0) is 73.8 Å². The lowest BCUT2D eigenvalue weighted by molar-refractivity contribution is 1.18. The highest BCUT2D eigenvalue weighted by Crippen LogP contribution is 2.43. The van der Waals surface area contributed by atoms with E-state index in [2.05, 4.69) is 142 Å². The normalized spacial score (nSPS) is 12.0. The Morgan fingerprint density at radius 1 is 0.444 bits per heavy atom. The maximum absolute atomic E-state index is 3.73. The van der Waals surface area contributed by atoms with E-state index >= 15 is 0 Å². The second-order valence-corrected chi connectivity index (χ2v) is 10.5. The number of hydrogen-bond donors (Lipinski definition) is 0. The second kappa shape index (κ2) is 7.43. The highest BCUT2D eigenvalue weighted by atomic mass is 79.9. The lowest BCUT2D eigenvalue weighted by Gasteiger charge is -2.13. The summed E-state index contributed by atoms with van der Waals surface area (Å²) in [5.74, 6) is 0. The van der Waals surface area contributed by atoms with Crippen LogP contribution in [-0.2, 0) is 0 Å². The molecule has 1 nitrogen and oxygen atoms in total. The van der Waals surface area contributed by atoms with Gasteiger partial charge in [0.2, 0.25) is 0 Å². The van der Waals surface area contributed by atoms with Crippen LogP contribution in [0.3, 0.4) is 0 Å². The Morgan fingerprint density at radius 2 is 1.14 bits per heavy atom. The van der Waals surface area contributed by atoms with Crippen LogP contribution < -0.4 is 0 Å². The first-order chi connectivity index (χ1) is 17.8. The SMILES string of the molecule is Brc1ccc2c3c4ccc5cccc6ccc(cc3n(-c3ccc(-c7ccccc7)cc3)c2c1)c4c65. The number of aromatic nitrogens is 1. The lowest BCUT2D eigenvalue weighted by atomic mass is 9.92. The molecule has 8 rings (SSSR count). The van der Waals surface area contributed by atoms with Crippen LogP contribution in [0.15, 0.2) is 126 Å². The van der Waals surface area contributed by atoms with Crippen molar-refractivity contribution in [2.45, 2.75) is 0 Å². The van der Waals surface area contributed by atoms with Crippen molar-refractivity contribution < 1.29 is 0 Å². The van der Waals surface area contributed by atoms with Gasteiger partial charge in [0, 0.05) is 20.9 Å². The molecular weight excluding hydrogens is 502 g/mol. The number of hydrogen-bond acceptors (Lipinski definition) is 0. The van der Waals surface area contributed by atoms with Crippen molar-refractivity contribution in [2.75, 3.05) is 0 Å². The Labute approximate surface area is 216 Å². The molecule has 7 aromatic carbocycles. The molecule has 0 spiro atoms. The molecular formula is C34H20BrN. The van der Waals surface area contributed by atoms with Gasteiger partial charge in [0.05, 0.1) is 11.0 Å². The lowest BCUT2D eigenvalue weighted by Crippen LogP contribution is -1.94. The molecule has 1 aromatic heterocycles. The van der Waals surface area contributed by atoms with E-state index in [-0.39, 0.29) is 0 Å². The molecule has 0 aliphatic rings. The topological polar surface area (TPSA) is 4.93 Å². The van der Waals surface area contributed by atoms with E-state index in [0.717, 1.165) is 4.47 Å². The van der Waals surface area contributed by atoms with Crippen LogP contribution in [0.1, 0.15) is 0 Å². The minimum absolute atomic E-state index is 1.08. The van der Waals surface area contributed by atoms with Crippen molar-refractivity contribution in [3.8, 4) is 16.8 Å². The average molecular weight is 522 g/mol. The molecule has 0 bridgehead atoms. The predicted octanol–water partition coefficient (Wildman–Crippen LogP) is 10.1. The van der Waals surface area contributed by atoms with Crippen LogP contribution >= 0.6 is 15.9 Å². The summed E-state index contributed by atoms with van der Waals surface area (Å²) in [6.45, 7) is 0. The molecule has 168 valence electrons. The van der Waals surface area contributed by atoms with Crippen molar-refractivity contribution in [1.29, 1.82) is 0 Å². The fraction of sp³-hybridized carbons (Fsp3) is 0. The van der Waals surface area contributed by atoms with Gasteiger partial charge in [-0.3, -0.25) is 0 Å². The van der Waals surface area contributed by atoms with E-state index in [1.807, 2.05) is 0 Å². The Morgan fingerprint density at radius 3 is 1.94 bits per heavy atom. The molecule has 2 heteroatoms. The molecule has 0 saturated heterocycles. The zero-order chi connectivity index (χ0) is 23.8.